The molecule has 7 rings (SSSR count). The van der Waals surface area contributed by atoms with Crippen LogP contribution in [0.3, 0.4) is 0 Å². The monoisotopic (exact) mass is 510 g/mol. The first-order chi connectivity index (χ1) is 18.4. The number of aromatic amines is 1. The summed E-state index contributed by atoms with van der Waals surface area (Å²) in [6.07, 6.45) is 1.27. The van der Waals surface area contributed by atoms with Crippen LogP contribution in [0.5, 0.6) is 5.75 Å². The lowest BCUT2D eigenvalue weighted by atomic mass is 9.94. The summed E-state index contributed by atoms with van der Waals surface area (Å²) in [5.74, 6) is 1.97. The summed E-state index contributed by atoms with van der Waals surface area (Å²) in [6.45, 7) is 4.42. The summed E-state index contributed by atoms with van der Waals surface area (Å²) in [6, 6.07) is 16.2. The largest absolute Gasteiger partial charge is 0.488 e. The Hall–Kier alpha value is -4.07. The van der Waals surface area contributed by atoms with Gasteiger partial charge in [0.2, 0.25) is 5.91 Å². The lowest BCUT2D eigenvalue weighted by Crippen LogP contribution is -2.52. The van der Waals surface area contributed by atoms with E-state index in [9.17, 15) is 9.59 Å². The molecule has 2 fully saturated rings. The van der Waals surface area contributed by atoms with Crippen LogP contribution in [0.15, 0.2) is 48.5 Å². The number of amides is 2. The predicted molar refractivity (Wildman–Crippen MR) is 144 cm³/mol. The lowest BCUT2D eigenvalue weighted by Gasteiger charge is -2.31. The molecule has 194 valence electrons. The smallest absolute Gasteiger partial charge is 0.407 e. The first-order valence-electron chi connectivity index (χ1n) is 13.3. The normalized spacial score (nSPS) is 22.0. The summed E-state index contributed by atoms with van der Waals surface area (Å²) in [5.41, 5.74) is 5.31. The van der Waals surface area contributed by atoms with Crippen LogP contribution in [0.1, 0.15) is 44.1 Å². The van der Waals surface area contributed by atoms with E-state index in [4.69, 9.17) is 14.5 Å². The van der Waals surface area contributed by atoms with Crippen LogP contribution in [-0.2, 0) is 16.1 Å². The second kappa shape index (κ2) is 8.48. The number of methoxy groups -OCH3 is 1. The Morgan fingerprint density at radius 3 is 2.79 bits per heavy atom. The third-order valence-corrected chi connectivity index (χ3v) is 8.34. The molecule has 38 heavy (non-hydrogen) atoms. The average Bonchev–Trinajstić information content (AvgIpc) is 3.38. The fourth-order valence-electron chi connectivity index (χ4n) is 6.27. The van der Waals surface area contributed by atoms with E-state index in [0.717, 1.165) is 51.8 Å². The van der Waals surface area contributed by atoms with Crippen molar-refractivity contribution in [3.05, 3.63) is 59.9 Å². The Labute approximate surface area is 220 Å². The van der Waals surface area contributed by atoms with Gasteiger partial charge in [-0.2, -0.15) is 0 Å². The number of likely N-dealkylation sites (tertiary alicyclic amines) is 1. The van der Waals surface area contributed by atoms with E-state index in [-0.39, 0.29) is 23.9 Å². The molecule has 1 saturated heterocycles. The van der Waals surface area contributed by atoms with E-state index < -0.39 is 12.1 Å². The first-order valence-corrected chi connectivity index (χ1v) is 13.3. The molecule has 2 amide bonds. The van der Waals surface area contributed by atoms with Crippen LogP contribution < -0.4 is 10.1 Å². The summed E-state index contributed by atoms with van der Waals surface area (Å²) >= 11 is 0. The first kappa shape index (κ1) is 23.1. The van der Waals surface area contributed by atoms with Crippen LogP contribution in [-0.4, -0.2) is 46.1 Å². The fraction of sp³-hybridized carbons (Fsp3) is 0.367. The van der Waals surface area contributed by atoms with Gasteiger partial charge in [-0.05, 0) is 59.4 Å². The molecule has 3 aliphatic rings. The highest BCUT2D eigenvalue weighted by atomic mass is 16.5. The van der Waals surface area contributed by atoms with Gasteiger partial charge >= 0.3 is 6.09 Å². The lowest BCUT2D eigenvalue weighted by molar-refractivity contribution is -0.136. The van der Waals surface area contributed by atoms with Crippen molar-refractivity contribution in [3.8, 4) is 16.9 Å². The molecule has 8 nitrogen and oxygen atoms in total. The van der Waals surface area contributed by atoms with E-state index in [1.165, 1.54) is 18.2 Å². The van der Waals surface area contributed by atoms with E-state index in [2.05, 4.69) is 52.8 Å². The number of hydrogen-bond donors (Lipinski definition) is 2. The summed E-state index contributed by atoms with van der Waals surface area (Å²) in [4.78, 5) is 36.2. The van der Waals surface area contributed by atoms with Crippen LogP contribution in [0.4, 0.5) is 4.79 Å². The van der Waals surface area contributed by atoms with Crippen LogP contribution in [0, 0.1) is 11.8 Å². The predicted octanol–water partition coefficient (Wildman–Crippen LogP) is 5.32. The minimum absolute atomic E-state index is 0.0732. The van der Waals surface area contributed by atoms with Gasteiger partial charge in [0.05, 0.1) is 24.2 Å². The third-order valence-electron chi connectivity index (χ3n) is 8.34. The zero-order chi connectivity index (χ0) is 26.1. The number of fused-ring (bicyclic) bond motifs is 7. The number of imidazole rings is 1. The molecule has 3 heterocycles. The Kier molecular flexibility index (Phi) is 5.15. The van der Waals surface area contributed by atoms with Gasteiger partial charge in [-0.25, -0.2) is 9.78 Å². The van der Waals surface area contributed by atoms with Gasteiger partial charge in [-0.1, -0.05) is 44.2 Å². The van der Waals surface area contributed by atoms with Gasteiger partial charge in [0.15, 0.2) is 0 Å². The average molecular weight is 511 g/mol. The summed E-state index contributed by atoms with van der Waals surface area (Å²) in [7, 11) is 1.31. The molecule has 1 saturated carbocycles. The number of benzene rings is 3. The maximum atomic E-state index is 13.7. The molecular weight excluding hydrogens is 480 g/mol. The van der Waals surface area contributed by atoms with Gasteiger partial charge in [0.1, 0.15) is 24.2 Å². The minimum atomic E-state index is -0.652. The second-order valence-corrected chi connectivity index (χ2v) is 11.0. The Bertz CT molecular complexity index is 1610. The van der Waals surface area contributed by atoms with Crippen LogP contribution >= 0.6 is 0 Å². The number of nitrogens with zero attached hydrogens (tertiary/aromatic N) is 2. The summed E-state index contributed by atoms with van der Waals surface area (Å²) < 4.78 is 10.9. The highest BCUT2D eigenvalue weighted by molar-refractivity contribution is 6.07. The summed E-state index contributed by atoms with van der Waals surface area (Å²) in [5, 5.41) is 4.86. The maximum Gasteiger partial charge on any atom is 0.407 e. The molecule has 8 heteroatoms. The molecule has 2 aliphatic heterocycles. The van der Waals surface area contributed by atoms with Gasteiger partial charge in [-0.15, -0.1) is 0 Å². The van der Waals surface area contributed by atoms with Crippen molar-refractivity contribution in [2.24, 2.45) is 11.8 Å². The standard InChI is InChI=1S/C30H30N4O4/c1-15(2)26(33-30(36)37-3)29(35)34-23-11-18(23)12-24(34)28-31-22-9-8-16-10-21-19-7-5-4-6-17(19)14-38-25(21)13-20(16)27(22)32-28/h4-10,13,15,18,23-24,26H,11-12,14H2,1-3H3,(H,31,32)(H,33,36)/t18-,23-,24-,26-/m0/s1. The number of hydrogen-bond acceptors (Lipinski definition) is 5. The van der Waals surface area contributed by atoms with Crippen molar-refractivity contribution >= 4 is 33.8 Å². The number of nitrogens with one attached hydrogen (secondary N) is 2. The number of aromatic nitrogens is 2. The van der Waals surface area contributed by atoms with Crippen molar-refractivity contribution in [1.82, 2.24) is 20.2 Å². The number of rotatable bonds is 4. The van der Waals surface area contributed by atoms with Crippen molar-refractivity contribution in [2.45, 2.75) is 51.4 Å². The molecule has 2 N–H and O–H groups in total. The van der Waals surface area contributed by atoms with Gasteiger partial charge < -0.3 is 24.7 Å². The van der Waals surface area contributed by atoms with Crippen molar-refractivity contribution in [1.29, 1.82) is 0 Å². The molecule has 1 aromatic heterocycles. The number of alkyl carbamates (subject to hydrolysis) is 1. The molecule has 4 aromatic rings. The number of carbonyl (C=O) groups is 2. The molecular formula is C30H30N4O4. The second-order valence-electron chi connectivity index (χ2n) is 11.0. The quantitative estimate of drug-likeness (QED) is 0.388. The topological polar surface area (TPSA) is 96.6 Å². The van der Waals surface area contributed by atoms with E-state index in [1.807, 2.05) is 24.8 Å². The molecule has 1 aliphatic carbocycles. The van der Waals surface area contributed by atoms with E-state index in [1.54, 1.807) is 0 Å². The Morgan fingerprint density at radius 1 is 1.13 bits per heavy atom. The van der Waals surface area contributed by atoms with Crippen LogP contribution in [0.2, 0.25) is 0 Å². The zero-order valence-corrected chi connectivity index (χ0v) is 21.7. The Balaban J connectivity index is 1.27. The number of piperidine rings is 1. The number of carbonyl (C=O) groups excluding carboxylic acids is 2. The highest BCUT2D eigenvalue weighted by Crippen LogP contribution is 2.53. The Morgan fingerprint density at radius 2 is 1.97 bits per heavy atom. The SMILES string of the molecule is COC(=O)N[C@H](C(=O)N1[C@H](c2nc3c(ccc4cc5c(cc43)OCc3ccccc3-5)[nH]2)C[C@@H]2C[C@@H]21)C(C)C. The van der Waals surface area contributed by atoms with Crippen LogP contribution in [0.25, 0.3) is 32.9 Å². The highest BCUT2D eigenvalue weighted by Gasteiger charge is 2.56. The van der Waals surface area contributed by atoms with Crippen molar-refractivity contribution < 1.29 is 19.1 Å². The van der Waals surface area contributed by atoms with E-state index >= 15 is 0 Å². The molecule has 0 spiro atoms. The van der Waals surface area contributed by atoms with Crippen molar-refractivity contribution in [2.75, 3.05) is 7.11 Å². The molecule has 0 radical (unpaired) electrons. The molecule has 0 bridgehead atoms. The minimum Gasteiger partial charge on any atom is -0.488 e. The van der Waals surface area contributed by atoms with Gasteiger partial charge in [0.25, 0.3) is 0 Å². The number of H-pyrrole nitrogens is 1. The molecule has 3 aromatic carbocycles. The number of ether oxygens (including phenoxy) is 2. The third kappa shape index (κ3) is 3.54. The fourth-order valence-corrected chi connectivity index (χ4v) is 6.27. The van der Waals surface area contributed by atoms with Crippen molar-refractivity contribution in [3.63, 3.8) is 0 Å². The van der Waals surface area contributed by atoms with Gasteiger partial charge in [0, 0.05) is 17.0 Å². The van der Waals surface area contributed by atoms with Gasteiger partial charge in [-0.3, -0.25) is 4.79 Å². The van der Waals surface area contributed by atoms with E-state index in [0.29, 0.717) is 12.5 Å². The molecule has 4 atom stereocenters. The zero-order valence-electron chi connectivity index (χ0n) is 21.7. The maximum absolute atomic E-state index is 13.7. The molecule has 0 unspecified atom stereocenters.